The van der Waals surface area contributed by atoms with Crippen LogP contribution in [0, 0.1) is 0 Å². The predicted molar refractivity (Wildman–Crippen MR) is 168 cm³/mol. The molecule has 0 saturated heterocycles. The zero-order chi connectivity index (χ0) is 30.2. The standard InChI is InChI=1S/C35H41N3O5/c1-41-28-16-14-25(15-17-28)34(35(40)37-27-9-5-4-6-10-27)38(20-19-24-13-18-31(42-2)32(21-24)43-3)33(39)22-26-23-36-30-12-8-7-11-29(26)30/h7-8,11-18,21,23,27,34,36H,4-6,9-10,19-20,22H2,1-3H3,(H,37,40)/t34-/m0/s1. The van der Waals surface area contributed by atoms with Gasteiger partial charge in [0.1, 0.15) is 11.8 Å². The lowest BCUT2D eigenvalue weighted by atomic mass is 9.94. The predicted octanol–water partition coefficient (Wildman–Crippen LogP) is 6.00. The van der Waals surface area contributed by atoms with E-state index in [9.17, 15) is 9.59 Å². The second kappa shape index (κ2) is 14.1. The van der Waals surface area contributed by atoms with E-state index in [1.807, 2.05) is 72.9 Å². The van der Waals surface area contributed by atoms with Crippen LogP contribution in [-0.4, -0.2) is 55.6 Å². The fraction of sp³-hybridized carbons (Fsp3) is 0.371. The van der Waals surface area contributed by atoms with E-state index >= 15 is 0 Å². The number of amides is 2. The Morgan fingerprint density at radius 3 is 2.37 bits per heavy atom. The van der Waals surface area contributed by atoms with Crippen molar-refractivity contribution in [3.63, 3.8) is 0 Å². The van der Waals surface area contributed by atoms with Crippen molar-refractivity contribution in [2.75, 3.05) is 27.9 Å². The van der Waals surface area contributed by atoms with Gasteiger partial charge in [-0.2, -0.15) is 0 Å². The normalized spacial score (nSPS) is 14.2. The van der Waals surface area contributed by atoms with E-state index in [0.717, 1.165) is 53.3 Å². The molecule has 0 aliphatic heterocycles. The first-order valence-electron chi connectivity index (χ1n) is 15.0. The molecule has 8 heteroatoms. The van der Waals surface area contributed by atoms with Gasteiger partial charge in [0.2, 0.25) is 11.8 Å². The molecule has 0 radical (unpaired) electrons. The van der Waals surface area contributed by atoms with Gasteiger partial charge in [-0.1, -0.05) is 55.7 Å². The maximum absolute atomic E-state index is 14.3. The number of rotatable bonds is 12. The number of aromatic nitrogens is 1. The molecule has 0 unspecified atom stereocenters. The Morgan fingerprint density at radius 2 is 1.65 bits per heavy atom. The van der Waals surface area contributed by atoms with E-state index in [4.69, 9.17) is 14.2 Å². The minimum absolute atomic E-state index is 0.110. The Morgan fingerprint density at radius 1 is 0.907 bits per heavy atom. The summed E-state index contributed by atoms with van der Waals surface area (Å²) in [6.45, 7) is 0.339. The Balaban J connectivity index is 1.49. The first-order chi connectivity index (χ1) is 21.0. The van der Waals surface area contributed by atoms with Crippen LogP contribution < -0.4 is 19.5 Å². The van der Waals surface area contributed by atoms with Gasteiger partial charge in [-0.3, -0.25) is 9.59 Å². The van der Waals surface area contributed by atoms with Gasteiger partial charge in [0.25, 0.3) is 0 Å². The van der Waals surface area contributed by atoms with E-state index in [-0.39, 0.29) is 24.3 Å². The molecule has 8 nitrogen and oxygen atoms in total. The van der Waals surface area contributed by atoms with Crippen molar-refractivity contribution in [1.82, 2.24) is 15.2 Å². The molecule has 4 aromatic rings. The highest BCUT2D eigenvalue weighted by molar-refractivity contribution is 5.92. The van der Waals surface area contributed by atoms with Crippen LogP contribution in [0.1, 0.15) is 54.8 Å². The van der Waals surface area contributed by atoms with Crippen molar-refractivity contribution in [2.24, 2.45) is 0 Å². The van der Waals surface area contributed by atoms with Crippen molar-refractivity contribution in [3.05, 3.63) is 89.6 Å². The fourth-order valence-electron chi connectivity index (χ4n) is 6.01. The molecule has 1 atom stereocenters. The third-order valence-electron chi connectivity index (χ3n) is 8.37. The maximum Gasteiger partial charge on any atom is 0.247 e. The minimum atomic E-state index is -0.800. The van der Waals surface area contributed by atoms with Crippen molar-refractivity contribution < 1.29 is 23.8 Å². The average Bonchev–Trinajstić information content (AvgIpc) is 3.45. The summed E-state index contributed by atoms with van der Waals surface area (Å²) in [4.78, 5) is 33.4. The number of para-hydroxylation sites is 1. The Bertz CT molecular complexity index is 1520. The number of nitrogens with one attached hydrogen (secondary N) is 2. The summed E-state index contributed by atoms with van der Waals surface area (Å²) in [5.74, 6) is 1.68. The Kier molecular flexibility index (Phi) is 9.87. The molecule has 1 aliphatic carbocycles. The molecule has 43 heavy (non-hydrogen) atoms. The number of benzene rings is 3. The molecular weight excluding hydrogens is 542 g/mol. The van der Waals surface area contributed by atoms with Gasteiger partial charge in [0.15, 0.2) is 11.5 Å². The molecule has 1 heterocycles. The first-order valence-corrected chi connectivity index (χ1v) is 15.0. The number of nitrogens with zero attached hydrogens (tertiary/aromatic N) is 1. The Labute approximate surface area is 253 Å². The van der Waals surface area contributed by atoms with E-state index < -0.39 is 6.04 Å². The topological polar surface area (TPSA) is 92.9 Å². The number of ether oxygens (including phenoxy) is 3. The van der Waals surface area contributed by atoms with E-state index in [0.29, 0.717) is 30.2 Å². The smallest absolute Gasteiger partial charge is 0.247 e. The van der Waals surface area contributed by atoms with Crippen LogP contribution in [0.4, 0.5) is 0 Å². The molecule has 5 rings (SSSR count). The molecular formula is C35H41N3O5. The molecule has 1 saturated carbocycles. The van der Waals surface area contributed by atoms with Gasteiger partial charge in [0.05, 0.1) is 27.8 Å². The molecule has 1 aromatic heterocycles. The van der Waals surface area contributed by atoms with Crippen molar-refractivity contribution in [1.29, 1.82) is 0 Å². The van der Waals surface area contributed by atoms with Crippen molar-refractivity contribution >= 4 is 22.7 Å². The highest BCUT2D eigenvalue weighted by atomic mass is 16.5. The van der Waals surface area contributed by atoms with Gasteiger partial charge in [-0.25, -0.2) is 0 Å². The molecule has 1 fully saturated rings. The largest absolute Gasteiger partial charge is 0.497 e. The third-order valence-corrected chi connectivity index (χ3v) is 8.37. The number of carbonyl (C=O) groups excluding carboxylic acids is 2. The molecule has 1 aliphatic rings. The molecule has 2 amide bonds. The van der Waals surface area contributed by atoms with Crippen molar-refractivity contribution in [2.45, 2.75) is 57.0 Å². The molecule has 2 N–H and O–H groups in total. The monoisotopic (exact) mass is 583 g/mol. The number of H-pyrrole nitrogens is 1. The van der Waals surface area contributed by atoms with Crippen LogP contribution in [-0.2, 0) is 22.4 Å². The van der Waals surface area contributed by atoms with Crippen molar-refractivity contribution in [3.8, 4) is 17.2 Å². The number of hydrogen-bond donors (Lipinski definition) is 2. The highest BCUT2D eigenvalue weighted by Gasteiger charge is 2.33. The summed E-state index contributed by atoms with van der Waals surface area (Å²) in [5.41, 5.74) is 3.60. The average molecular weight is 584 g/mol. The molecule has 0 bridgehead atoms. The Hall–Kier alpha value is -4.46. The summed E-state index contributed by atoms with van der Waals surface area (Å²) in [5, 5.41) is 4.30. The van der Waals surface area contributed by atoms with Crippen LogP contribution in [0.5, 0.6) is 17.2 Å². The van der Waals surface area contributed by atoms with Crippen LogP contribution in [0.3, 0.4) is 0 Å². The van der Waals surface area contributed by atoms with Crippen LogP contribution >= 0.6 is 0 Å². The number of carbonyl (C=O) groups is 2. The van der Waals surface area contributed by atoms with Crippen LogP contribution in [0.2, 0.25) is 0 Å². The highest BCUT2D eigenvalue weighted by Crippen LogP contribution is 2.30. The van der Waals surface area contributed by atoms with Crippen LogP contribution in [0.25, 0.3) is 10.9 Å². The van der Waals surface area contributed by atoms with Gasteiger partial charge in [0, 0.05) is 29.7 Å². The van der Waals surface area contributed by atoms with E-state index in [1.54, 1.807) is 26.2 Å². The van der Waals surface area contributed by atoms with Gasteiger partial charge < -0.3 is 29.4 Å². The van der Waals surface area contributed by atoms with E-state index in [2.05, 4.69) is 10.3 Å². The number of aromatic amines is 1. The maximum atomic E-state index is 14.3. The molecule has 226 valence electrons. The zero-order valence-corrected chi connectivity index (χ0v) is 25.2. The number of hydrogen-bond acceptors (Lipinski definition) is 5. The molecule has 0 spiro atoms. The lowest BCUT2D eigenvalue weighted by Crippen LogP contribution is -2.48. The second-order valence-electron chi connectivity index (χ2n) is 11.1. The number of fused-ring (bicyclic) bond motifs is 1. The zero-order valence-electron chi connectivity index (χ0n) is 25.2. The lowest BCUT2D eigenvalue weighted by Gasteiger charge is -2.33. The van der Waals surface area contributed by atoms with Crippen LogP contribution in [0.15, 0.2) is 72.9 Å². The SMILES string of the molecule is COc1ccc([C@@H](C(=O)NC2CCCCC2)N(CCc2ccc(OC)c(OC)c2)C(=O)Cc2c[nH]c3ccccc23)cc1. The first kappa shape index (κ1) is 30.0. The summed E-state index contributed by atoms with van der Waals surface area (Å²) in [7, 11) is 4.82. The quantitative estimate of drug-likeness (QED) is 0.214. The summed E-state index contributed by atoms with van der Waals surface area (Å²) >= 11 is 0. The summed E-state index contributed by atoms with van der Waals surface area (Å²) in [6.07, 6.45) is 7.88. The van der Waals surface area contributed by atoms with E-state index in [1.165, 1.54) is 6.42 Å². The van der Waals surface area contributed by atoms with Gasteiger partial charge in [-0.15, -0.1) is 0 Å². The summed E-state index contributed by atoms with van der Waals surface area (Å²) in [6, 6.07) is 20.5. The minimum Gasteiger partial charge on any atom is -0.497 e. The molecule has 3 aromatic carbocycles. The van der Waals surface area contributed by atoms with Gasteiger partial charge in [-0.05, 0) is 66.3 Å². The third kappa shape index (κ3) is 7.13. The number of methoxy groups -OCH3 is 3. The second-order valence-corrected chi connectivity index (χ2v) is 11.1. The fourth-order valence-corrected chi connectivity index (χ4v) is 6.01. The lowest BCUT2D eigenvalue weighted by molar-refractivity contribution is -0.140. The van der Waals surface area contributed by atoms with Gasteiger partial charge >= 0.3 is 0 Å². The summed E-state index contributed by atoms with van der Waals surface area (Å²) < 4.78 is 16.3.